The molecule has 2 aromatic rings. The van der Waals surface area contributed by atoms with E-state index in [1.165, 1.54) is 12.4 Å². The molecule has 0 aliphatic carbocycles. The van der Waals surface area contributed by atoms with E-state index >= 15 is 0 Å². The maximum absolute atomic E-state index is 12.9. The molecule has 0 radical (unpaired) electrons. The minimum Gasteiger partial charge on any atom is -0.350 e. The van der Waals surface area contributed by atoms with Crippen molar-refractivity contribution in [2.24, 2.45) is 0 Å². The Morgan fingerprint density at radius 3 is 1.92 bits per heavy atom. The number of benzene rings is 2. The quantitative estimate of drug-likeness (QED) is 0.337. The molecule has 2 aromatic carbocycles. The average Bonchev–Trinajstić information content (AvgIpc) is 2.66. The van der Waals surface area contributed by atoms with Gasteiger partial charge in [0.1, 0.15) is 0 Å². The fourth-order valence-corrected chi connectivity index (χ4v) is 2.65. The molecule has 0 fully saturated rings. The number of nitrogens with one attached hydrogen (secondary N) is 3. The summed E-state index contributed by atoms with van der Waals surface area (Å²) in [5.74, 6) is -2.30. The van der Waals surface area contributed by atoms with E-state index in [1.54, 1.807) is 30.3 Å². The van der Waals surface area contributed by atoms with Gasteiger partial charge < -0.3 is 10.6 Å². The van der Waals surface area contributed by atoms with E-state index in [0.29, 0.717) is 5.56 Å². The molecule has 0 bridgehead atoms. The molecule has 1 atom stereocenters. The normalized spacial score (nSPS) is 12.5. The first-order valence-corrected chi connectivity index (χ1v) is 8.07. The van der Waals surface area contributed by atoms with Crippen molar-refractivity contribution in [1.82, 2.24) is 16.1 Å². The standard InChI is InChI=1S/C19H21N3O4/c1-14(23)21-19(18(25)22-26,12-15-8-4-2-5-9-15)17(24)20-13-16-10-6-3-7-11-16/h2-11,26H,12-13H2,1H3,(H,20,24)(H,21,23)(H,22,25)/t19-/m0/s1. The van der Waals surface area contributed by atoms with Crippen LogP contribution in [0, 0.1) is 0 Å². The molecule has 2 rings (SSSR count). The van der Waals surface area contributed by atoms with Gasteiger partial charge in [0.25, 0.3) is 11.8 Å². The van der Waals surface area contributed by atoms with Crippen LogP contribution in [0.1, 0.15) is 18.1 Å². The number of rotatable bonds is 7. The van der Waals surface area contributed by atoms with Crippen LogP contribution in [0.2, 0.25) is 0 Å². The average molecular weight is 355 g/mol. The fourth-order valence-electron chi connectivity index (χ4n) is 2.65. The van der Waals surface area contributed by atoms with Gasteiger partial charge >= 0.3 is 0 Å². The molecule has 0 saturated heterocycles. The molecule has 26 heavy (non-hydrogen) atoms. The molecule has 0 unspecified atom stereocenters. The highest BCUT2D eigenvalue weighted by molar-refractivity contribution is 6.11. The zero-order valence-electron chi connectivity index (χ0n) is 14.4. The van der Waals surface area contributed by atoms with Crippen molar-refractivity contribution < 1.29 is 19.6 Å². The Kier molecular flexibility index (Phi) is 6.46. The SMILES string of the molecule is CC(=O)N[C@](Cc1ccccc1)(C(=O)NO)C(=O)NCc1ccccc1. The topological polar surface area (TPSA) is 108 Å². The molecule has 7 nitrogen and oxygen atoms in total. The Hall–Kier alpha value is -3.19. The highest BCUT2D eigenvalue weighted by Crippen LogP contribution is 2.16. The second-order valence-corrected chi connectivity index (χ2v) is 5.86. The molecular formula is C19H21N3O4. The minimum absolute atomic E-state index is 0.111. The van der Waals surface area contributed by atoms with E-state index in [9.17, 15) is 14.4 Å². The zero-order valence-corrected chi connectivity index (χ0v) is 14.4. The number of hydrogen-bond acceptors (Lipinski definition) is 4. The number of carbonyl (C=O) groups is 3. The summed E-state index contributed by atoms with van der Waals surface area (Å²) in [7, 11) is 0. The highest BCUT2D eigenvalue weighted by atomic mass is 16.5. The van der Waals surface area contributed by atoms with Gasteiger partial charge in [-0.3, -0.25) is 19.6 Å². The Morgan fingerprint density at radius 2 is 1.42 bits per heavy atom. The highest BCUT2D eigenvalue weighted by Gasteiger charge is 2.47. The van der Waals surface area contributed by atoms with Gasteiger partial charge in [-0.15, -0.1) is 0 Å². The van der Waals surface area contributed by atoms with E-state index in [2.05, 4.69) is 10.6 Å². The van der Waals surface area contributed by atoms with E-state index < -0.39 is 23.3 Å². The van der Waals surface area contributed by atoms with Gasteiger partial charge in [0.2, 0.25) is 11.4 Å². The van der Waals surface area contributed by atoms with Crippen molar-refractivity contribution in [2.75, 3.05) is 0 Å². The lowest BCUT2D eigenvalue weighted by Crippen LogP contribution is -2.67. The molecule has 4 N–H and O–H groups in total. The summed E-state index contributed by atoms with van der Waals surface area (Å²) in [4.78, 5) is 37.0. The van der Waals surface area contributed by atoms with Gasteiger partial charge in [0.05, 0.1) is 0 Å². The van der Waals surface area contributed by atoms with Crippen LogP contribution in [0.3, 0.4) is 0 Å². The van der Waals surface area contributed by atoms with Gasteiger partial charge in [0.15, 0.2) is 0 Å². The van der Waals surface area contributed by atoms with Crippen LogP contribution in [0.4, 0.5) is 0 Å². The second-order valence-electron chi connectivity index (χ2n) is 5.86. The van der Waals surface area contributed by atoms with Crippen molar-refractivity contribution in [1.29, 1.82) is 0 Å². The van der Waals surface area contributed by atoms with E-state index in [-0.39, 0.29) is 13.0 Å². The third-order valence-electron chi connectivity index (χ3n) is 3.87. The number of carbonyl (C=O) groups excluding carboxylic acids is 3. The molecule has 0 saturated carbocycles. The fraction of sp³-hybridized carbons (Fsp3) is 0.211. The lowest BCUT2D eigenvalue weighted by molar-refractivity contribution is -0.147. The summed E-state index contributed by atoms with van der Waals surface area (Å²) in [6, 6.07) is 17.9. The van der Waals surface area contributed by atoms with E-state index in [0.717, 1.165) is 5.56 Å². The van der Waals surface area contributed by atoms with E-state index in [4.69, 9.17) is 5.21 Å². The van der Waals surface area contributed by atoms with Gasteiger partial charge in [-0.25, -0.2) is 5.48 Å². The minimum atomic E-state index is -1.98. The predicted octanol–water partition coefficient (Wildman–Crippen LogP) is 0.926. The second kappa shape index (κ2) is 8.77. The first-order chi connectivity index (χ1) is 12.5. The van der Waals surface area contributed by atoms with Crippen molar-refractivity contribution in [3.05, 3.63) is 71.8 Å². The molecule has 0 aromatic heterocycles. The summed E-state index contributed by atoms with van der Waals surface area (Å²) in [5.41, 5.74) is 1.01. The molecule has 7 heteroatoms. The molecular weight excluding hydrogens is 334 g/mol. The maximum Gasteiger partial charge on any atom is 0.279 e. The summed E-state index contributed by atoms with van der Waals surface area (Å²) < 4.78 is 0. The van der Waals surface area contributed by atoms with Crippen LogP contribution in [0.25, 0.3) is 0 Å². The van der Waals surface area contributed by atoms with Crippen LogP contribution in [0.5, 0.6) is 0 Å². The summed E-state index contributed by atoms with van der Waals surface area (Å²) in [6.07, 6.45) is -0.111. The summed E-state index contributed by atoms with van der Waals surface area (Å²) in [6.45, 7) is 1.38. The monoisotopic (exact) mass is 355 g/mol. The zero-order chi connectivity index (χ0) is 19.0. The summed E-state index contributed by atoms with van der Waals surface area (Å²) in [5, 5.41) is 14.2. The molecule has 0 spiro atoms. The van der Waals surface area contributed by atoms with Crippen LogP contribution >= 0.6 is 0 Å². The van der Waals surface area contributed by atoms with Crippen molar-refractivity contribution in [2.45, 2.75) is 25.4 Å². The molecule has 3 amide bonds. The van der Waals surface area contributed by atoms with Crippen LogP contribution in [-0.2, 0) is 27.3 Å². The van der Waals surface area contributed by atoms with Crippen molar-refractivity contribution >= 4 is 17.7 Å². The lowest BCUT2D eigenvalue weighted by Gasteiger charge is -2.31. The van der Waals surface area contributed by atoms with Crippen molar-refractivity contribution in [3.63, 3.8) is 0 Å². The third-order valence-corrected chi connectivity index (χ3v) is 3.87. The molecule has 0 aliphatic heterocycles. The number of hydroxylamine groups is 1. The third kappa shape index (κ3) is 4.67. The predicted molar refractivity (Wildman–Crippen MR) is 94.9 cm³/mol. The Bertz CT molecular complexity index is 765. The first-order valence-electron chi connectivity index (χ1n) is 8.07. The van der Waals surface area contributed by atoms with Gasteiger partial charge in [-0.1, -0.05) is 60.7 Å². The smallest absolute Gasteiger partial charge is 0.279 e. The van der Waals surface area contributed by atoms with Gasteiger partial charge in [-0.2, -0.15) is 0 Å². The van der Waals surface area contributed by atoms with E-state index in [1.807, 2.05) is 30.3 Å². The van der Waals surface area contributed by atoms with Gasteiger partial charge in [0, 0.05) is 19.9 Å². The lowest BCUT2D eigenvalue weighted by atomic mass is 9.88. The van der Waals surface area contributed by atoms with Gasteiger partial charge in [-0.05, 0) is 11.1 Å². The van der Waals surface area contributed by atoms with Crippen LogP contribution in [0.15, 0.2) is 60.7 Å². The van der Waals surface area contributed by atoms with Crippen LogP contribution in [-0.4, -0.2) is 28.5 Å². The van der Waals surface area contributed by atoms with Crippen molar-refractivity contribution in [3.8, 4) is 0 Å². The Labute approximate surface area is 151 Å². The van der Waals surface area contributed by atoms with Crippen LogP contribution < -0.4 is 16.1 Å². The maximum atomic E-state index is 12.9. The number of amides is 3. The largest absolute Gasteiger partial charge is 0.350 e. The Morgan fingerprint density at radius 1 is 0.885 bits per heavy atom. The molecule has 136 valence electrons. The molecule has 0 heterocycles. The number of hydrogen-bond donors (Lipinski definition) is 4. The Balaban J connectivity index is 2.31. The first kappa shape index (κ1) is 19.1. The summed E-state index contributed by atoms with van der Waals surface area (Å²) >= 11 is 0. The molecule has 0 aliphatic rings.